The zero-order valence-corrected chi connectivity index (χ0v) is 8.31. The largest absolute Gasteiger partial charge is 0.406 e. The monoisotopic (exact) mass is 234 g/mol. The van der Waals surface area contributed by atoms with Gasteiger partial charge in [0.1, 0.15) is 11.4 Å². The molecule has 88 valence electrons. The summed E-state index contributed by atoms with van der Waals surface area (Å²) in [6.45, 7) is -0.0235. The van der Waals surface area contributed by atoms with Gasteiger partial charge in [-0.1, -0.05) is 0 Å². The second kappa shape index (κ2) is 3.69. The second-order valence-electron chi connectivity index (χ2n) is 3.94. The number of pyridine rings is 1. The van der Waals surface area contributed by atoms with E-state index in [1.807, 2.05) is 0 Å². The molecule has 6 heteroatoms. The van der Waals surface area contributed by atoms with Crippen LogP contribution in [0.3, 0.4) is 0 Å². The van der Waals surface area contributed by atoms with Crippen LogP contribution in [0.1, 0.15) is 18.4 Å². The van der Waals surface area contributed by atoms with Gasteiger partial charge in [-0.25, -0.2) is 4.39 Å². The lowest BCUT2D eigenvalue weighted by atomic mass is 10.2. The van der Waals surface area contributed by atoms with Crippen molar-refractivity contribution in [2.24, 2.45) is 0 Å². The minimum Gasteiger partial charge on any atom is -0.299 e. The number of hydrogen-bond donors (Lipinski definition) is 1. The summed E-state index contributed by atoms with van der Waals surface area (Å²) in [4.78, 5) is 3.57. The molecule has 1 fully saturated rings. The first kappa shape index (κ1) is 11.3. The summed E-state index contributed by atoms with van der Waals surface area (Å²) in [6.07, 6.45) is -1.71. The van der Waals surface area contributed by atoms with Gasteiger partial charge in [-0.15, -0.1) is 0 Å². The van der Waals surface area contributed by atoms with Crippen molar-refractivity contribution < 1.29 is 17.6 Å². The Labute approximate surface area is 89.7 Å². The summed E-state index contributed by atoms with van der Waals surface area (Å²) in [5.41, 5.74) is -1.35. The molecule has 0 atom stereocenters. The van der Waals surface area contributed by atoms with E-state index in [2.05, 4.69) is 10.3 Å². The van der Waals surface area contributed by atoms with Crippen LogP contribution in [0.25, 0.3) is 0 Å². The van der Waals surface area contributed by atoms with E-state index in [0.717, 1.165) is 6.20 Å². The van der Waals surface area contributed by atoms with E-state index in [4.69, 9.17) is 0 Å². The third-order valence-corrected chi connectivity index (χ3v) is 2.69. The maximum Gasteiger partial charge on any atom is 0.406 e. The molecule has 1 saturated carbocycles. The molecule has 0 radical (unpaired) electrons. The van der Waals surface area contributed by atoms with Crippen LogP contribution < -0.4 is 5.32 Å². The van der Waals surface area contributed by atoms with Crippen LogP contribution in [-0.4, -0.2) is 16.7 Å². The Kier molecular flexibility index (Phi) is 2.61. The Hall–Kier alpha value is -1.17. The van der Waals surface area contributed by atoms with Gasteiger partial charge in [0.15, 0.2) is 0 Å². The molecule has 1 N–H and O–H groups in total. The molecule has 2 rings (SSSR count). The molecule has 0 spiro atoms. The van der Waals surface area contributed by atoms with E-state index < -0.39 is 17.5 Å². The van der Waals surface area contributed by atoms with E-state index in [1.165, 1.54) is 12.3 Å². The van der Waals surface area contributed by atoms with Gasteiger partial charge < -0.3 is 0 Å². The molecule has 1 aliphatic carbocycles. The van der Waals surface area contributed by atoms with E-state index >= 15 is 0 Å². The number of rotatable bonds is 3. The molecule has 16 heavy (non-hydrogen) atoms. The fourth-order valence-electron chi connectivity index (χ4n) is 1.51. The van der Waals surface area contributed by atoms with E-state index in [9.17, 15) is 17.6 Å². The van der Waals surface area contributed by atoms with Crippen molar-refractivity contribution >= 4 is 0 Å². The summed E-state index contributed by atoms with van der Waals surface area (Å²) < 4.78 is 50.3. The molecule has 0 aromatic carbocycles. The average molecular weight is 234 g/mol. The number of hydrogen-bond acceptors (Lipinski definition) is 2. The van der Waals surface area contributed by atoms with Crippen molar-refractivity contribution in [3.63, 3.8) is 0 Å². The third kappa shape index (κ3) is 2.16. The minimum atomic E-state index is -4.24. The van der Waals surface area contributed by atoms with Crippen LogP contribution in [-0.2, 0) is 6.54 Å². The molecule has 0 aliphatic heterocycles. The van der Waals surface area contributed by atoms with Crippen molar-refractivity contribution in [2.45, 2.75) is 31.1 Å². The first-order valence-electron chi connectivity index (χ1n) is 4.84. The Bertz CT molecular complexity index is 385. The molecule has 0 amide bonds. The first-order chi connectivity index (χ1) is 7.43. The highest BCUT2D eigenvalue weighted by Gasteiger charge is 2.62. The molecule has 2 nitrogen and oxygen atoms in total. The quantitative estimate of drug-likeness (QED) is 0.812. The van der Waals surface area contributed by atoms with Gasteiger partial charge in [0, 0.05) is 12.7 Å². The maximum atomic E-state index is 12.7. The smallest absolute Gasteiger partial charge is 0.299 e. The molecule has 0 saturated heterocycles. The molecule has 1 aromatic heterocycles. The van der Waals surface area contributed by atoms with Gasteiger partial charge >= 0.3 is 6.18 Å². The van der Waals surface area contributed by atoms with E-state index in [1.54, 1.807) is 0 Å². The van der Waals surface area contributed by atoms with Crippen molar-refractivity contribution in [1.29, 1.82) is 0 Å². The van der Waals surface area contributed by atoms with Crippen molar-refractivity contribution in [1.82, 2.24) is 10.3 Å². The summed E-state index contributed by atoms with van der Waals surface area (Å²) in [5, 5.41) is 2.42. The molecular formula is C10H10F4N2. The van der Waals surface area contributed by atoms with E-state index in [-0.39, 0.29) is 19.4 Å². The predicted octanol–water partition coefficient (Wildman–Crippen LogP) is 2.41. The predicted molar refractivity (Wildman–Crippen MR) is 49.1 cm³/mol. The SMILES string of the molecule is Fc1cncc(CNC2(C(F)(F)F)CC2)c1. The van der Waals surface area contributed by atoms with Crippen LogP contribution in [0.4, 0.5) is 17.6 Å². The number of halogens is 4. The topological polar surface area (TPSA) is 24.9 Å². The molecule has 1 aromatic rings. The third-order valence-electron chi connectivity index (χ3n) is 2.69. The molecule has 1 heterocycles. The van der Waals surface area contributed by atoms with Crippen LogP contribution in [0.5, 0.6) is 0 Å². The second-order valence-corrected chi connectivity index (χ2v) is 3.94. The van der Waals surface area contributed by atoms with Crippen molar-refractivity contribution in [2.75, 3.05) is 0 Å². The number of nitrogens with one attached hydrogen (secondary N) is 1. The van der Waals surface area contributed by atoms with E-state index in [0.29, 0.717) is 5.56 Å². The molecule has 1 aliphatic rings. The highest BCUT2D eigenvalue weighted by molar-refractivity contribution is 5.14. The van der Waals surface area contributed by atoms with Crippen LogP contribution in [0.2, 0.25) is 0 Å². The lowest BCUT2D eigenvalue weighted by Crippen LogP contribution is -2.44. The minimum absolute atomic E-state index is 0.0235. The van der Waals surface area contributed by atoms with Crippen LogP contribution >= 0.6 is 0 Å². The summed E-state index contributed by atoms with van der Waals surface area (Å²) in [7, 11) is 0. The maximum absolute atomic E-state index is 12.7. The summed E-state index contributed by atoms with van der Waals surface area (Å²) >= 11 is 0. The van der Waals surface area contributed by atoms with Crippen LogP contribution in [0, 0.1) is 5.82 Å². The Morgan fingerprint density at radius 1 is 1.31 bits per heavy atom. The summed E-state index contributed by atoms with van der Waals surface area (Å²) in [5.74, 6) is -0.545. The number of aromatic nitrogens is 1. The number of alkyl halides is 3. The molecule has 0 bridgehead atoms. The fourth-order valence-corrected chi connectivity index (χ4v) is 1.51. The highest BCUT2D eigenvalue weighted by Crippen LogP contribution is 2.49. The lowest BCUT2D eigenvalue weighted by Gasteiger charge is -2.20. The Morgan fingerprint density at radius 3 is 2.50 bits per heavy atom. The lowest BCUT2D eigenvalue weighted by molar-refractivity contribution is -0.166. The highest BCUT2D eigenvalue weighted by atomic mass is 19.4. The Morgan fingerprint density at radius 2 is 2.00 bits per heavy atom. The average Bonchev–Trinajstić information content (AvgIpc) is 2.94. The normalized spacial score (nSPS) is 18.5. The van der Waals surface area contributed by atoms with Gasteiger partial charge in [-0.2, -0.15) is 13.2 Å². The van der Waals surface area contributed by atoms with Gasteiger partial charge in [-0.3, -0.25) is 10.3 Å². The van der Waals surface area contributed by atoms with Crippen LogP contribution in [0.15, 0.2) is 18.5 Å². The van der Waals surface area contributed by atoms with Crippen molar-refractivity contribution in [3.8, 4) is 0 Å². The summed E-state index contributed by atoms with van der Waals surface area (Å²) in [6, 6.07) is 1.17. The first-order valence-corrected chi connectivity index (χ1v) is 4.84. The zero-order chi connectivity index (χ0) is 11.8. The fraction of sp³-hybridized carbons (Fsp3) is 0.500. The van der Waals surface area contributed by atoms with Gasteiger partial charge in [0.05, 0.1) is 6.20 Å². The van der Waals surface area contributed by atoms with Gasteiger partial charge in [0.2, 0.25) is 0 Å². The Balaban J connectivity index is 1.98. The standard InChI is InChI=1S/C10H10F4N2/c11-8-3-7(4-15-6-8)5-16-9(1-2-9)10(12,13)14/h3-4,6,16H,1-2,5H2. The zero-order valence-electron chi connectivity index (χ0n) is 8.31. The molecule has 0 unspecified atom stereocenters. The number of nitrogens with zero attached hydrogens (tertiary/aromatic N) is 1. The van der Waals surface area contributed by atoms with Gasteiger partial charge in [0.25, 0.3) is 0 Å². The molecular weight excluding hydrogens is 224 g/mol. The van der Waals surface area contributed by atoms with Gasteiger partial charge in [-0.05, 0) is 24.5 Å². The van der Waals surface area contributed by atoms with Crippen molar-refractivity contribution in [3.05, 3.63) is 29.8 Å².